The number of hydrogen-bond acceptors (Lipinski definition) is 43. The topological polar surface area (TPSA) is 701 Å². The molecule has 9 aliphatic rings. The molecule has 45 atom stereocenters. The molecule has 2 amide bonds. The van der Waals surface area contributed by atoms with Gasteiger partial charge in [-0.2, -0.15) is 0 Å². The molecule has 0 unspecified atom stereocenters. The van der Waals surface area contributed by atoms with E-state index in [1.54, 1.807) is 0 Å². The first kappa shape index (κ1) is 84.3. The molecular formula is C58H98N2O43. The number of amides is 2. The molecule has 0 aromatic carbocycles. The minimum Gasteiger partial charge on any atom is -0.394 e. The zero-order chi connectivity index (χ0) is 75.8. The van der Waals surface area contributed by atoms with Gasteiger partial charge in [-0.25, -0.2) is 0 Å². The summed E-state index contributed by atoms with van der Waals surface area (Å²) in [6.07, 6.45) is -86.3. The molecule has 0 aromatic heterocycles. The van der Waals surface area contributed by atoms with Gasteiger partial charge in [-0.05, 0) is 20.8 Å². The van der Waals surface area contributed by atoms with Crippen molar-refractivity contribution in [1.29, 1.82) is 0 Å². The predicted octanol–water partition coefficient (Wildman–Crippen LogP) is -17.3. The molecule has 45 heteroatoms. The lowest BCUT2D eigenvalue weighted by Gasteiger charge is -2.52. The maximum Gasteiger partial charge on any atom is 0.217 e. The molecule has 9 heterocycles. The van der Waals surface area contributed by atoms with Crippen molar-refractivity contribution >= 4 is 11.8 Å². The van der Waals surface area contributed by atoms with Crippen molar-refractivity contribution in [3.63, 3.8) is 0 Å². The lowest BCUT2D eigenvalue weighted by Crippen LogP contribution is -2.72. The van der Waals surface area contributed by atoms with E-state index in [1.807, 2.05) is 0 Å². The number of aliphatic hydroxyl groups is 24. The smallest absolute Gasteiger partial charge is 0.217 e. The number of carbonyl (C=O) groups excluding carboxylic acids is 2. The van der Waals surface area contributed by atoms with Gasteiger partial charge >= 0.3 is 0 Å². The molecule has 0 radical (unpaired) electrons. The molecule has 103 heavy (non-hydrogen) atoms. The summed E-state index contributed by atoms with van der Waals surface area (Å²) in [5.74, 6) is -1.96. The second-order valence-corrected chi connectivity index (χ2v) is 26.6. The molecule has 9 aliphatic heterocycles. The Kier molecular flexibility index (Phi) is 29.5. The Balaban J connectivity index is 1.10. The fourth-order valence-electron chi connectivity index (χ4n) is 13.5. The van der Waals surface area contributed by atoms with Gasteiger partial charge in [-0.3, -0.25) is 9.59 Å². The van der Waals surface area contributed by atoms with Gasteiger partial charge in [0, 0.05) is 13.8 Å². The van der Waals surface area contributed by atoms with E-state index >= 15 is 0 Å². The molecule has 0 aliphatic carbocycles. The Hall–Kier alpha value is -2.70. The van der Waals surface area contributed by atoms with E-state index in [4.69, 9.17) is 80.5 Å². The Morgan fingerprint density at radius 1 is 0.272 bits per heavy atom. The minimum atomic E-state index is -2.49. The molecule has 0 aromatic rings. The van der Waals surface area contributed by atoms with Crippen molar-refractivity contribution < 1.29 is 213 Å². The number of nitrogens with one attached hydrogen (secondary N) is 2. The van der Waals surface area contributed by atoms with Crippen molar-refractivity contribution in [2.24, 2.45) is 0 Å². The molecule has 9 rings (SSSR count). The highest BCUT2D eigenvalue weighted by molar-refractivity contribution is 5.73. The highest BCUT2D eigenvalue weighted by Gasteiger charge is 2.61. The van der Waals surface area contributed by atoms with Crippen molar-refractivity contribution in [1.82, 2.24) is 10.6 Å². The average molecular weight is 1510 g/mol. The Morgan fingerprint density at radius 3 is 1.03 bits per heavy atom. The molecule has 0 saturated carbocycles. The summed E-state index contributed by atoms with van der Waals surface area (Å²) in [5.41, 5.74) is 0. The van der Waals surface area contributed by atoms with Gasteiger partial charge in [0.2, 0.25) is 11.8 Å². The maximum atomic E-state index is 13.6. The van der Waals surface area contributed by atoms with E-state index in [9.17, 15) is 132 Å². The van der Waals surface area contributed by atoms with Gasteiger partial charge in [0.15, 0.2) is 56.6 Å². The van der Waals surface area contributed by atoms with Crippen LogP contribution in [0.2, 0.25) is 0 Å². The summed E-state index contributed by atoms with van der Waals surface area (Å²) in [5, 5.41) is 269. The number of hydrogen-bond donors (Lipinski definition) is 26. The van der Waals surface area contributed by atoms with Crippen LogP contribution in [0.15, 0.2) is 0 Å². The number of ether oxygens (including phenoxy) is 17. The van der Waals surface area contributed by atoms with Crippen LogP contribution in [0, 0.1) is 0 Å². The summed E-state index contributed by atoms with van der Waals surface area (Å²) in [6.45, 7) is -0.979. The molecule has 9 fully saturated rings. The molecule has 9 saturated heterocycles. The van der Waals surface area contributed by atoms with Crippen molar-refractivity contribution in [3.8, 4) is 0 Å². The zero-order valence-corrected chi connectivity index (χ0v) is 55.7. The second kappa shape index (κ2) is 36.0. The first-order valence-corrected chi connectivity index (χ1v) is 33.2. The van der Waals surface area contributed by atoms with Crippen molar-refractivity contribution in [2.45, 2.75) is 311 Å². The fourth-order valence-corrected chi connectivity index (χ4v) is 13.5. The van der Waals surface area contributed by atoms with Crippen LogP contribution in [-0.2, 0) is 90.1 Å². The third-order valence-corrected chi connectivity index (χ3v) is 19.4. The van der Waals surface area contributed by atoms with Gasteiger partial charge in [-0.1, -0.05) is 0 Å². The molecule has 0 bridgehead atoms. The zero-order valence-electron chi connectivity index (χ0n) is 55.7. The third kappa shape index (κ3) is 18.0. The summed E-state index contributed by atoms with van der Waals surface area (Å²) in [6, 6.07) is -3.97. The van der Waals surface area contributed by atoms with Crippen LogP contribution in [0.1, 0.15) is 34.6 Å². The van der Waals surface area contributed by atoms with Gasteiger partial charge in [0.1, 0.15) is 201 Å². The summed E-state index contributed by atoms with van der Waals surface area (Å²) in [7, 11) is 0. The van der Waals surface area contributed by atoms with Gasteiger partial charge < -0.3 is 214 Å². The lowest BCUT2D eigenvalue weighted by molar-refractivity contribution is -0.401. The van der Waals surface area contributed by atoms with Gasteiger partial charge in [-0.15, -0.1) is 0 Å². The van der Waals surface area contributed by atoms with Crippen LogP contribution in [0.4, 0.5) is 0 Å². The number of aliphatic hydroxyl groups excluding tert-OH is 24. The molecule has 0 spiro atoms. The van der Waals surface area contributed by atoms with Gasteiger partial charge in [0.05, 0.1) is 58.0 Å². The predicted molar refractivity (Wildman–Crippen MR) is 316 cm³/mol. The lowest BCUT2D eigenvalue weighted by atomic mass is 9.93. The van der Waals surface area contributed by atoms with Crippen molar-refractivity contribution in [3.05, 3.63) is 0 Å². The standard InChI is InChI=1S/C58H98N2O43/c1-12-25(68)31(74)38(81)53(88-12)98-45-21(10-65)95-52(24(60-16(5)67)47(45)101-58-49(35(78)29(72)18(7-62)93-58)103-55-40(83)33(76)27(70)14(3)90-55)102-48-30(73)22(96-57(42(48)85)97-43-19(8-63)91-50(86)37(80)36(43)79)11-87-51-23(59-15(4)66)46(100-54-39(82)32(75)26(69)13(2)89-54)44(20(9-64)94-51)99-56-41(84)34(77)28(71)17(6-61)92-56/h12-14,17-58,61-65,68-86H,6-11H2,1-5H3,(H,59,66)(H,60,67)/t12-,13-,14-,17+,18+,19+,20+,21+,22+,23+,24+,25+,26+,27+,28-,29-,30-,31+,32+,33+,34-,35-,36+,37+,38-,39-,40-,41+,42+,43+,44+,45+,46+,47+,48-,49+,50+,51+,52-,53-,54-,55-,56-,57-,58-/m0/s1. The molecule has 598 valence electrons. The summed E-state index contributed by atoms with van der Waals surface area (Å²) >= 11 is 0. The van der Waals surface area contributed by atoms with E-state index in [2.05, 4.69) is 10.6 Å². The highest BCUT2D eigenvalue weighted by Crippen LogP contribution is 2.41. The minimum absolute atomic E-state index is 0.916. The van der Waals surface area contributed by atoms with Crippen LogP contribution >= 0.6 is 0 Å². The Morgan fingerprint density at radius 2 is 0.583 bits per heavy atom. The van der Waals surface area contributed by atoms with Gasteiger partial charge in [0.25, 0.3) is 0 Å². The van der Waals surface area contributed by atoms with E-state index in [0.29, 0.717) is 0 Å². The van der Waals surface area contributed by atoms with Crippen LogP contribution < -0.4 is 10.6 Å². The first-order valence-electron chi connectivity index (χ1n) is 33.2. The van der Waals surface area contributed by atoms with Crippen LogP contribution in [-0.4, -0.2) is 450 Å². The SMILES string of the molecule is CC(=O)N[C@H]1[C@H](O[C@H]2[C@@H](O)[C@@H](CO[C@@H]3O[C@H](CO)[C@@H](O[C@@H]4O[C@H](CO)[C@H](O)[C@H](O)[C@H]4O)[C@H](O[C@@H]4O[C@@H](C)[C@@H](O)[C@@H](O)[C@@H]4O)[C@H]3NC(C)=O)O[C@@H](O[C@H]3[C@H](O)[C@@H](O)[C@H](O)O[C@@H]3CO)[C@@H]2O)O[C@H](CO)[C@@H](O[C@@H]2O[C@@H](C)[C@@H](O)[C@@H](O)[C@@H]2O)[C@@H]1O[C@@H]1O[C@H](CO)[C@H](O)[C@H](O)[C@H]1O[C@@H]1O[C@@H](C)[C@@H](O)[C@@H](O)[C@@H]1O. The third-order valence-electron chi connectivity index (χ3n) is 19.4. The maximum absolute atomic E-state index is 13.6. The molecular weight excluding hydrogens is 1410 g/mol. The Labute approximate surface area is 584 Å². The second-order valence-electron chi connectivity index (χ2n) is 26.6. The van der Waals surface area contributed by atoms with Crippen LogP contribution in [0.3, 0.4) is 0 Å². The monoisotopic (exact) mass is 1510 g/mol. The number of rotatable bonds is 24. The molecule has 26 N–H and O–H groups in total. The van der Waals surface area contributed by atoms with E-state index in [0.717, 1.165) is 13.8 Å². The van der Waals surface area contributed by atoms with E-state index in [1.165, 1.54) is 20.8 Å². The fraction of sp³-hybridized carbons (Fsp3) is 0.966. The summed E-state index contributed by atoms with van der Waals surface area (Å²) < 4.78 is 102. The van der Waals surface area contributed by atoms with Crippen LogP contribution in [0.5, 0.6) is 0 Å². The molecule has 45 nitrogen and oxygen atoms in total. The number of carbonyl (C=O) groups is 2. The normalized spacial score (nSPS) is 52.3. The summed E-state index contributed by atoms with van der Waals surface area (Å²) in [4.78, 5) is 27.0. The largest absolute Gasteiger partial charge is 0.394 e. The Bertz CT molecular complexity index is 2660. The quantitative estimate of drug-likeness (QED) is 0.0427. The van der Waals surface area contributed by atoms with Crippen LogP contribution in [0.25, 0.3) is 0 Å². The van der Waals surface area contributed by atoms with E-state index < -0.39 is 328 Å². The van der Waals surface area contributed by atoms with Crippen molar-refractivity contribution in [2.75, 3.05) is 39.6 Å². The van der Waals surface area contributed by atoms with E-state index in [-0.39, 0.29) is 0 Å². The average Bonchev–Trinajstić information content (AvgIpc) is 0.767. The highest BCUT2D eigenvalue weighted by atomic mass is 16.8. The first-order chi connectivity index (χ1) is 48.6.